The highest BCUT2D eigenvalue weighted by Gasteiger charge is 2.39. The molecule has 138 valence electrons. The van der Waals surface area contributed by atoms with E-state index < -0.39 is 11.6 Å². The minimum absolute atomic E-state index is 0.138. The van der Waals surface area contributed by atoms with Crippen LogP contribution in [0.2, 0.25) is 0 Å². The molecule has 0 bridgehead atoms. The van der Waals surface area contributed by atoms with Crippen LogP contribution in [0.25, 0.3) is 5.69 Å². The van der Waals surface area contributed by atoms with E-state index in [0.717, 1.165) is 0 Å². The number of hydrogen-bond acceptors (Lipinski definition) is 5. The Hall–Kier alpha value is -3.47. The van der Waals surface area contributed by atoms with Crippen LogP contribution in [-0.4, -0.2) is 32.4 Å². The first-order valence-electron chi connectivity index (χ1n) is 8.50. The fourth-order valence-electron chi connectivity index (χ4n) is 2.80. The van der Waals surface area contributed by atoms with Crippen LogP contribution in [0.5, 0.6) is 0 Å². The molecule has 2 heterocycles. The first-order valence-corrected chi connectivity index (χ1v) is 8.50. The normalized spacial score (nSPS) is 13.8. The molecule has 1 aromatic carbocycles. The van der Waals surface area contributed by atoms with Gasteiger partial charge in [0.1, 0.15) is 5.56 Å². The van der Waals surface area contributed by atoms with E-state index in [1.807, 2.05) is 0 Å². The summed E-state index contributed by atoms with van der Waals surface area (Å²) in [6, 6.07) is 7.06. The van der Waals surface area contributed by atoms with Crippen molar-refractivity contribution in [1.29, 1.82) is 0 Å². The van der Waals surface area contributed by atoms with Gasteiger partial charge >= 0.3 is 5.97 Å². The number of anilines is 1. The molecule has 8 nitrogen and oxygen atoms in total. The van der Waals surface area contributed by atoms with Crippen LogP contribution < -0.4 is 5.32 Å². The molecule has 2 aromatic rings. The van der Waals surface area contributed by atoms with Gasteiger partial charge in [-0.15, -0.1) is 12.3 Å². The Morgan fingerprint density at radius 2 is 2.11 bits per heavy atom. The SMILES string of the molecule is C#CCCC1(CCC(=O)Nc2cccc(-n3ncc(C(=O)O)c3C)c2)N=N1. The summed E-state index contributed by atoms with van der Waals surface area (Å²) < 4.78 is 1.52. The molecular formula is C19H19N5O3. The molecule has 0 saturated heterocycles. The van der Waals surface area contributed by atoms with Gasteiger partial charge in [-0.1, -0.05) is 6.07 Å². The maximum atomic E-state index is 12.2. The molecule has 27 heavy (non-hydrogen) atoms. The minimum atomic E-state index is -1.03. The van der Waals surface area contributed by atoms with E-state index in [9.17, 15) is 9.59 Å². The van der Waals surface area contributed by atoms with E-state index in [1.54, 1.807) is 31.2 Å². The van der Waals surface area contributed by atoms with Crippen molar-refractivity contribution in [3.63, 3.8) is 0 Å². The number of terminal acetylenes is 1. The molecule has 0 fully saturated rings. The molecule has 0 saturated carbocycles. The molecule has 1 amide bonds. The van der Waals surface area contributed by atoms with Crippen molar-refractivity contribution >= 4 is 17.6 Å². The number of nitrogens with one attached hydrogen (secondary N) is 1. The summed E-state index contributed by atoms with van der Waals surface area (Å²) in [5.41, 5.74) is 1.43. The smallest absolute Gasteiger partial charge is 0.339 e. The van der Waals surface area contributed by atoms with Gasteiger partial charge in [-0.3, -0.25) is 4.79 Å². The number of benzene rings is 1. The summed E-state index contributed by atoms with van der Waals surface area (Å²) in [6.07, 6.45) is 8.62. The topological polar surface area (TPSA) is 109 Å². The minimum Gasteiger partial charge on any atom is -0.478 e. The molecule has 0 atom stereocenters. The van der Waals surface area contributed by atoms with Crippen LogP contribution in [0.4, 0.5) is 5.69 Å². The lowest BCUT2D eigenvalue weighted by Crippen LogP contribution is -2.17. The number of nitrogens with zero attached hydrogens (tertiary/aromatic N) is 4. The predicted molar refractivity (Wildman–Crippen MR) is 98.8 cm³/mol. The lowest BCUT2D eigenvalue weighted by molar-refractivity contribution is -0.116. The van der Waals surface area contributed by atoms with Gasteiger partial charge in [0.25, 0.3) is 0 Å². The molecule has 2 N–H and O–H groups in total. The van der Waals surface area contributed by atoms with Gasteiger partial charge in [0, 0.05) is 31.4 Å². The number of aromatic nitrogens is 2. The number of aromatic carboxylic acids is 1. The average Bonchev–Trinajstić information content (AvgIpc) is 3.31. The van der Waals surface area contributed by atoms with Gasteiger partial charge in [-0.2, -0.15) is 15.3 Å². The van der Waals surface area contributed by atoms with E-state index in [1.165, 1.54) is 10.9 Å². The Balaban J connectivity index is 1.63. The van der Waals surface area contributed by atoms with Crippen LogP contribution in [0, 0.1) is 19.3 Å². The second kappa shape index (κ2) is 7.41. The predicted octanol–water partition coefficient (Wildman–Crippen LogP) is 3.17. The monoisotopic (exact) mass is 365 g/mol. The molecule has 1 aromatic heterocycles. The van der Waals surface area contributed by atoms with Gasteiger partial charge in [-0.25, -0.2) is 9.48 Å². The first-order chi connectivity index (χ1) is 12.9. The van der Waals surface area contributed by atoms with Gasteiger partial charge in [0.05, 0.1) is 17.6 Å². The maximum absolute atomic E-state index is 12.2. The molecule has 0 unspecified atom stereocenters. The lowest BCUT2D eigenvalue weighted by atomic mass is 10.0. The lowest BCUT2D eigenvalue weighted by Gasteiger charge is -2.11. The number of carboxylic acids is 1. The van der Waals surface area contributed by atoms with Crippen molar-refractivity contribution in [3.8, 4) is 18.0 Å². The van der Waals surface area contributed by atoms with E-state index >= 15 is 0 Å². The number of carbonyl (C=O) groups is 2. The quantitative estimate of drug-likeness (QED) is 0.700. The van der Waals surface area contributed by atoms with E-state index in [-0.39, 0.29) is 17.9 Å². The van der Waals surface area contributed by atoms with E-state index in [4.69, 9.17) is 11.5 Å². The van der Waals surface area contributed by atoms with Gasteiger partial charge in [-0.05, 0) is 25.1 Å². The first kappa shape index (κ1) is 18.3. The van der Waals surface area contributed by atoms with Crippen LogP contribution in [-0.2, 0) is 4.79 Å². The summed E-state index contributed by atoms with van der Waals surface area (Å²) in [7, 11) is 0. The average molecular weight is 365 g/mol. The summed E-state index contributed by atoms with van der Waals surface area (Å²) in [5.74, 6) is 1.39. The Morgan fingerprint density at radius 1 is 1.33 bits per heavy atom. The standard InChI is InChI=1S/C19H19N5O3/c1-3-4-9-19(22-23-19)10-8-17(25)21-14-6-5-7-15(11-14)24-13(2)16(12-20-24)18(26)27/h1,5-7,11-12H,4,8-10H2,2H3,(H,21,25)(H,26,27). The largest absolute Gasteiger partial charge is 0.478 e. The van der Waals surface area contributed by atoms with Crippen molar-refractivity contribution in [3.05, 3.63) is 41.7 Å². The Kier molecular flexibility index (Phi) is 5.03. The Labute approximate surface area is 156 Å². The van der Waals surface area contributed by atoms with Gasteiger partial charge in [0.2, 0.25) is 5.91 Å². The molecule has 8 heteroatoms. The summed E-state index contributed by atoms with van der Waals surface area (Å²) in [5, 5.41) is 24.1. The Bertz CT molecular complexity index is 948. The number of hydrogen-bond donors (Lipinski definition) is 2. The second-order valence-corrected chi connectivity index (χ2v) is 6.35. The van der Waals surface area contributed by atoms with E-state index in [0.29, 0.717) is 36.3 Å². The third-order valence-corrected chi connectivity index (χ3v) is 4.42. The molecular weight excluding hydrogens is 346 g/mol. The number of amides is 1. The molecule has 1 aliphatic rings. The molecule has 0 spiro atoms. The zero-order chi connectivity index (χ0) is 19.4. The number of carboxylic acid groups (broad SMARTS) is 1. The molecule has 0 aliphatic carbocycles. The fraction of sp³-hybridized carbons (Fsp3) is 0.316. The van der Waals surface area contributed by atoms with Crippen LogP contribution in [0.1, 0.15) is 41.7 Å². The third-order valence-electron chi connectivity index (χ3n) is 4.42. The number of rotatable bonds is 8. The van der Waals surface area contributed by atoms with Crippen molar-refractivity contribution in [1.82, 2.24) is 9.78 Å². The van der Waals surface area contributed by atoms with Gasteiger partial charge < -0.3 is 10.4 Å². The van der Waals surface area contributed by atoms with Crippen molar-refractivity contribution < 1.29 is 14.7 Å². The second-order valence-electron chi connectivity index (χ2n) is 6.35. The van der Waals surface area contributed by atoms with Crippen molar-refractivity contribution in [2.24, 2.45) is 10.2 Å². The maximum Gasteiger partial charge on any atom is 0.339 e. The van der Waals surface area contributed by atoms with E-state index in [2.05, 4.69) is 26.6 Å². The molecule has 3 rings (SSSR count). The van der Waals surface area contributed by atoms with Crippen LogP contribution in [0.3, 0.4) is 0 Å². The fourth-order valence-corrected chi connectivity index (χ4v) is 2.80. The zero-order valence-corrected chi connectivity index (χ0v) is 14.8. The molecule has 1 aliphatic heterocycles. The summed E-state index contributed by atoms with van der Waals surface area (Å²) in [6.45, 7) is 1.68. The third kappa shape index (κ3) is 4.20. The molecule has 0 radical (unpaired) electrons. The van der Waals surface area contributed by atoms with Crippen molar-refractivity contribution in [2.75, 3.05) is 5.32 Å². The number of carbonyl (C=O) groups excluding carboxylic acids is 1. The van der Waals surface area contributed by atoms with Crippen LogP contribution >= 0.6 is 0 Å². The highest BCUT2D eigenvalue weighted by molar-refractivity contribution is 5.91. The highest BCUT2D eigenvalue weighted by atomic mass is 16.4. The van der Waals surface area contributed by atoms with Crippen molar-refractivity contribution in [2.45, 2.75) is 38.3 Å². The summed E-state index contributed by atoms with van der Waals surface area (Å²) >= 11 is 0. The highest BCUT2D eigenvalue weighted by Crippen LogP contribution is 2.37. The van der Waals surface area contributed by atoms with Crippen LogP contribution in [0.15, 0.2) is 40.7 Å². The zero-order valence-electron chi connectivity index (χ0n) is 14.8. The Morgan fingerprint density at radius 3 is 2.74 bits per heavy atom. The summed E-state index contributed by atoms with van der Waals surface area (Å²) in [4.78, 5) is 23.4. The van der Waals surface area contributed by atoms with Gasteiger partial charge in [0.15, 0.2) is 5.66 Å².